The van der Waals surface area contributed by atoms with Gasteiger partial charge < -0.3 is 9.05 Å². The molecule has 1 aliphatic carbocycles. The second-order valence-corrected chi connectivity index (χ2v) is 5.91. The van der Waals surface area contributed by atoms with Crippen LogP contribution in [0.1, 0.15) is 39.0 Å². The highest BCUT2D eigenvalue weighted by molar-refractivity contribution is 7.53. The van der Waals surface area contributed by atoms with Crippen LogP contribution >= 0.6 is 7.60 Å². The lowest BCUT2D eigenvalue weighted by atomic mass is 9.98. The van der Waals surface area contributed by atoms with Crippen LogP contribution in [-0.4, -0.2) is 19.4 Å². The first-order valence-corrected chi connectivity index (χ1v) is 6.76. The Morgan fingerprint density at radius 2 is 1.92 bits per heavy atom. The van der Waals surface area contributed by atoms with Crippen molar-refractivity contribution < 1.29 is 13.6 Å². The minimum absolute atomic E-state index is 0.166. The molecule has 0 radical (unpaired) electrons. The molecule has 0 aromatic heterocycles. The van der Waals surface area contributed by atoms with E-state index in [9.17, 15) is 4.57 Å². The lowest BCUT2D eigenvalue weighted by molar-refractivity contribution is 0.127. The largest absolute Gasteiger partial charge is 0.330 e. The summed E-state index contributed by atoms with van der Waals surface area (Å²) >= 11 is 0. The first-order valence-electron chi connectivity index (χ1n) is 5.03. The highest BCUT2D eigenvalue weighted by Gasteiger charge is 2.26. The number of hydrogen-bond donors (Lipinski definition) is 0. The molecule has 3 nitrogen and oxygen atoms in total. The second kappa shape index (κ2) is 5.14. The van der Waals surface area contributed by atoms with Gasteiger partial charge in [-0.3, -0.25) is 4.57 Å². The molecule has 0 amide bonds. The SMILES string of the molecule is CCP(=O)(OC)OC1CCCCC1. The van der Waals surface area contributed by atoms with E-state index in [4.69, 9.17) is 9.05 Å². The summed E-state index contributed by atoms with van der Waals surface area (Å²) in [6, 6.07) is 0. The smallest absolute Gasteiger partial charge is 0.312 e. The summed E-state index contributed by atoms with van der Waals surface area (Å²) in [5.41, 5.74) is 0. The van der Waals surface area contributed by atoms with E-state index >= 15 is 0 Å². The maximum Gasteiger partial charge on any atom is 0.330 e. The van der Waals surface area contributed by atoms with Crippen LogP contribution < -0.4 is 0 Å². The molecule has 1 saturated carbocycles. The monoisotopic (exact) mass is 206 g/mol. The zero-order valence-corrected chi connectivity index (χ0v) is 9.39. The van der Waals surface area contributed by atoms with Crippen LogP contribution in [0.2, 0.25) is 0 Å². The van der Waals surface area contributed by atoms with E-state index in [1.165, 1.54) is 26.4 Å². The molecule has 0 bridgehead atoms. The van der Waals surface area contributed by atoms with Gasteiger partial charge in [-0.15, -0.1) is 0 Å². The molecule has 1 atom stereocenters. The van der Waals surface area contributed by atoms with Gasteiger partial charge in [0.15, 0.2) is 0 Å². The fourth-order valence-electron chi connectivity index (χ4n) is 1.64. The molecule has 1 fully saturated rings. The molecule has 0 aromatic carbocycles. The average Bonchev–Trinajstić information content (AvgIpc) is 2.19. The molecule has 4 heteroatoms. The molecule has 1 aliphatic rings. The van der Waals surface area contributed by atoms with Gasteiger partial charge in [-0.25, -0.2) is 0 Å². The van der Waals surface area contributed by atoms with E-state index in [2.05, 4.69) is 0 Å². The van der Waals surface area contributed by atoms with Crippen molar-refractivity contribution in [3.05, 3.63) is 0 Å². The maximum atomic E-state index is 11.8. The maximum absolute atomic E-state index is 11.8. The highest BCUT2D eigenvalue weighted by atomic mass is 31.2. The second-order valence-electron chi connectivity index (χ2n) is 3.48. The first kappa shape index (κ1) is 11.2. The summed E-state index contributed by atoms with van der Waals surface area (Å²) in [5.74, 6) is 0. The van der Waals surface area contributed by atoms with Crippen molar-refractivity contribution in [1.82, 2.24) is 0 Å². The van der Waals surface area contributed by atoms with Crippen LogP contribution in [0.5, 0.6) is 0 Å². The Morgan fingerprint density at radius 3 is 2.38 bits per heavy atom. The zero-order valence-electron chi connectivity index (χ0n) is 8.49. The van der Waals surface area contributed by atoms with Gasteiger partial charge in [0, 0.05) is 13.3 Å². The summed E-state index contributed by atoms with van der Waals surface area (Å²) in [7, 11) is -1.28. The van der Waals surface area contributed by atoms with Crippen molar-refractivity contribution >= 4 is 7.60 Å². The van der Waals surface area contributed by atoms with E-state index in [0.717, 1.165) is 12.8 Å². The number of rotatable bonds is 4. The van der Waals surface area contributed by atoms with Crippen molar-refractivity contribution in [1.29, 1.82) is 0 Å². The molecular weight excluding hydrogens is 187 g/mol. The Kier molecular flexibility index (Phi) is 4.43. The Labute approximate surface area is 80.3 Å². The molecule has 0 heterocycles. The minimum Gasteiger partial charge on any atom is -0.312 e. The Balaban J connectivity index is 2.40. The van der Waals surface area contributed by atoms with E-state index in [1.54, 1.807) is 0 Å². The van der Waals surface area contributed by atoms with Crippen LogP contribution in [0.3, 0.4) is 0 Å². The standard InChI is InChI=1S/C9H19O3P/c1-3-13(10,11-2)12-9-7-5-4-6-8-9/h9H,3-8H2,1-2H3. The molecule has 1 unspecified atom stereocenters. The molecular formula is C9H19O3P. The predicted molar refractivity (Wildman–Crippen MR) is 53.1 cm³/mol. The first-order chi connectivity index (χ1) is 6.20. The van der Waals surface area contributed by atoms with E-state index < -0.39 is 7.60 Å². The molecule has 0 aliphatic heterocycles. The normalized spacial score (nSPS) is 24.2. The van der Waals surface area contributed by atoms with Gasteiger partial charge >= 0.3 is 7.60 Å². The zero-order chi connectivity index (χ0) is 9.73. The third kappa shape index (κ3) is 3.41. The molecule has 0 aromatic rings. The summed E-state index contributed by atoms with van der Waals surface area (Å²) < 4.78 is 22.2. The van der Waals surface area contributed by atoms with Crippen molar-refractivity contribution in [2.75, 3.05) is 13.3 Å². The van der Waals surface area contributed by atoms with Gasteiger partial charge in [-0.1, -0.05) is 26.2 Å². The van der Waals surface area contributed by atoms with Crippen LogP contribution in [0.15, 0.2) is 0 Å². The van der Waals surface area contributed by atoms with Crippen LogP contribution in [0.4, 0.5) is 0 Å². The summed E-state index contributed by atoms with van der Waals surface area (Å²) in [5, 5.41) is 0. The molecule has 1 rings (SSSR count). The van der Waals surface area contributed by atoms with Gasteiger partial charge in [-0.2, -0.15) is 0 Å². The molecule has 78 valence electrons. The quantitative estimate of drug-likeness (QED) is 0.662. The topological polar surface area (TPSA) is 35.5 Å². The number of hydrogen-bond acceptors (Lipinski definition) is 3. The van der Waals surface area contributed by atoms with Crippen molar-refractivity contribution in [3.8, 4) is 0 Å². The Bertz CT molecular complexity index is 179. The fourth-order valence-corrected chi connectivity index (χ4v) is 2.80. The van der Waals surface area contributed by atoms with Gasteiger partial charge in [-0.05, 0) is 12.8 Å². The van der Waals surface area contributed by atoms with Crippen molar-refractivity contribution in [3.63, 3.8) is 0 Å². The predicted octanol–water partition coefficient (Wildman–Crippen LogP) is 3.20. The fraction of sp³-hybridized carbons (Fsp3) is 1.00. The summed E-state index contributed by atoms with van der Waals surface area (Å²) in [4.78, 5) is 0. The third-order valence-corrected chi connectivity index (χ3v) is 4.48. The highest BCUT2D eigenvalue weighted by Crippen LogP contribution is 2.49. The molecule has 0 N–H and O–H groups in total. The van der Waals surface area contributed by atoms with Gasteiger partial charge in [0.2, 0.25) is 0 Å². The molecule has 0 spiro atoms. The third-order valence-electron chi connectivity index (χ3n) is 2.53. The summed E-state index contributed by atoms with van der Waals surface area (Å²) in [6.07, 6.45) is 6.37. The van der Waals surface area contributed by atoms with E-state index in [1.807, 2.05) is 6.92 Å². The van der Waals surface area contributed by atoms with Crippen LogP contribution in [0.25, 0.3) is 0 Å². The van der Waals surface area contributed by atoms with Gasteiger partial charge in [0.1, 0.15) is 0 Å². The van der Waals surface area contributed by atoms with E-state index in [-0.39, 0.29) is 6.10 Å². The lowest BCUT2D eigenvalue weighted by Crippen LogP contribution is -2.16. The van der Waals surface area contributed by atoms with Gasteiger partial charge in [0.25, 0.3) is 0 Å². The van der Waals surface area contributed by atoms with Crippen LogP contribution in [-0.2, 0) is 13.6 Å². The Morgan fingerprint density at radius 1 is 1.31 bits per heavy atom. The van der Waals surface area contributed by atoms with E-state index in [0.29, 0.717) is 6.16 Å². The van der Waals surface area contributed by atoms with Gasteiger partial charge in [0.05, 0.1) is 6.10 Å². The Hall–Kier alpha value is 0.150. The van der Waals surface area contributed by atoms with Crippen molar-refractivity contribution in [2.24, 2.45) is 0 Å². The average molecular weight is 206 g/mol. The molecule has 0 saturated heterocycles. The lowest BCUT2D eigenvalue weighted by Gasteiger charge is -2.25. The van der Waals surface area contributed by atoms with Crippen molar-refractivity contribution in [2.45, 2.75) is 45.1 Å². The molecule has 13 heavy (non-hydrogen) atoms. The minimum atomic E-state index is -2.75. The summed E-state index contributed by atoms with van der Waals surface area (Å²) in [6.45, 7) is 1.84. The van der Waals surface area contributed by atoms with Crippen LogP contribution in [0, 0.1) is 0 Å².